The first-order valence-corrected chi connectivity index (χ1v) is 11.3. The van der Waals surface area contributed by atoms with Crippen LogP contribution < -0.4 is 4.74 Å². The predicted octanol–water partition coefficient (Wildman–Crippen LogP) is 4.42. The van der Waals surface area contributed by atoms with Gasteiger partial charge >= 0.3 is 0 Å². The molecule has 0 aliphatic heterocycles. The van der Waals surface area contributed by atoms with Crippen LogP contribution in [0, 0.1) is 5.92 Å². The second-order valence-corrected chi connectivity index (χ2v) is 10.1. The fourth-order valence-electron chi connectivity index (χ4n) is 3.59. The molecule has 0 bridgehead atoms. The van der Waals surface area contributed by atoms with Gasteiger partial charge in [-0.3, -0.25) is 0 Å². The molecule has 1 saturated carbocycles. The number of azide groups is 1. The van der Waals surface area contributed by atoms with Crippen LogP contribution in [0.2, 0.25) is 5.15 Å². The van der Waals surface area contributed by atoms with Gasteiger partial charge in [-0.15, -0.1) is 0 Å². The van der Waals surface area contributed by atoms with Crippen molar-refractivity contribution >= 4 is 32.2 Å². The quantitative estimate of drug-likeness (QED) is 0.295. The number of hydrogen-bond donors (Lipinski definition) is 0. The molecule has 0 radical (unpaired) electrons. The summed E-state index contributed by atoms with van der Waals surface area (Å²) >= 11 is 6.11. The summed E-state index contributed by atoms with van der Waals surface area (Å²) < 4.78 is 29.6. The molecule has 4 atom stereocenters. The summed E-state index contributed by atoms with van der Waals surface area (Å²) in [6.07, 6.45) is 5.21. The minimum absolute atomic E-state index is 0.129. The van der Waals surface area contributed by atoms with Crippen molar-refractivity contribution in [1.82, 2.24) is 9.97 Å². The maximum absolute atomic E-state index is 11.8. The number of aromatic nitrogens is 2. The van der Waals surface area contributed by atoms with Crippen LogP contribution in [0.3, 0.4) is 0 Å². The minimum Gasteiger partial charge on any atom is -0.473 e. The number of hydrogen-bond acceptors (Lipinski definition) is 6. The Morgan fingerprint density at radius 3 is 2.68 bits per heavy atom. The Labute approximate surface area is 168 Å². The monoisotopic (exact) mass is 423 g/mol. The van der Waals surface area contributed by atoms with E-state index in [1.807, 2.05) is 20.8 Å². The van der Waals surface area contributed by atoms with Crippen molar-refractivity contribution in [2.24, 2.45) is 11.0 Å². The Hall–Kier alpha value is -2.09. The summed E-state index contributed by atoms with van der Waals surface area (Å²) in [6, 6.07) is 1.70. The second kappa shape index (κ2) is 7.39. The largest absolute Gasteiger partial charge is 0.473 e. The van der Waals surface area contributed by atoms with Gasteiger partial charge in [-0.25, -0.2) is 18.4 Å². The number of rotatable bonds is 6. The Balaban J connectivity index is 2.03. The molecule has 0 N–H and O–H groups in total. The van der Waals surface area contributed by atoms with Crippen molar-refractivity contribution in [2.45, 2.75) is 50.5 Å². The highest BCUT2D eigenvalue weighted by molar-refractivity contribution is 7.91. The minimum atomic E-state index is -3.10. The summed E-state index contributed by atoms with van der Waals surface area (Å²) in [4.78, 5) is 11.6. The van der Waals surface area contributed by atoms with Gasteiger partial charge in [-0.05, 0) is 35.9 Å². The first kappa shape index (κ1) is 20.6. The number of fused-ring (bicyclic) bond motifs is 1. The smallest absolute Gasteiger partial charge is 0.223 e. The highest BCUT2D eigenvalue weighted by Crippen LogP contribution is 2.40. The SMILES string of the molecule is CC[C@@](C)(N=[N+]=[N-])c1cnc(O[C@H]2C[C@@H](S(C)(=O)=O)[C@@H]2C)c2cnc(Cl)cc12. The van der Waals surface area contributed by atoms with E-state index in [1.54, 1.807) is 18.5 Å². The Bertz CT molecular complexity index is 1070. The summed E-state index contributed by atoms with van der Waals surface area (Å²) in [6.45, 7) is 5.62. The molecule has 2 heterocycles. The van der Waals surface area contributed by atoms with E-state index >= 15 is 0 Å². The van der Waals surface area contributed by atoms with E-state index in [1.165, 1.54) is 6.26 Å². The predicted molar refractivity (Wildman–Crippen MR) is 108 cm³/mol. The molecule has 1 aliphatic carbocycles. The van der Waals surface area contributed by atoms with E-state index in [4.69, 9.17) is 21.9 Å². The lowest BCUT2D eigenvalue weighted by atomic mass is 9.82. The zero-order chi connectivity index (χ0) is 20.7. The zero-order valence-corrected chi connectivity index (χ0v) is 17.7. The van der Waals surface area contributed by atoms with Gasteiger partial charge in [0.05, 0.1) is 16.2 Å². The van der Waals surface area contributed by atoms with Crippen LogP contribution in [0.15, 0.2) is 23.6 Å². The van der Waals surface area contributed by atoms with Gasteiger partial charge in [0, 0.05) is 35.9 Å². The standard InChI is InChI=1S/C18H22ClN5O3S/c1-5-18(3,23-24-20)13-9-22-17(12-8-21-16(19)6-11(12)13)27-14-7-15(10(14)2)28(4,25)26/h6,8-10,14-15H,5,7H2,1-4H3/t10-,14+,15-,18-/m1/s1. The topological polar surface area (TPSA) is 118 Å². The zero-order valence-electron chi connectivity index (χ0n) is 16.1. The first-order chi connectivity index (χ1) is 13.1. The summed E-state index contributed by atoms with van der Waals surface area (Å²) in [5, 5.41) is 5.25. The molecule has 0 saturated heterocycles. The van der Waals surface area contributed by atoms with Crippen molar-refractivity contribution in [3.63, 3.8) is 0 Å². The summed E-state index contributed by atoms with van der Waals surface area (Å²) in [5.41, 5.74) is 8.91. The molecule has 3 rings (SSSR count). The average Bonchev–Trinajstić information content (AvgIpc) is 2.62. The van der Waals surface area contributed by atoms with E-state index in [9.17, 15) is 8.42 Å². The number of pyridine rings is 2. The molecule has 10 heteroatoms. The van der Waals surface area contributed by atoms with Gasteiger partial charge in [-0.2, -0.15) is 0 Å². The molecular formula is C18H22ClN5O3S. The van der Waals surface area contributed by atoms with Gasteiger partial charge in [0.25, 0.3) is 0 Å². The lowest BCUT2D eigenvalue weighted by Crippen LogP contribution is -2.51. The third-order valence-electron chi connectivity index (χ3n) is 5.69. The lowest BCUT2D eigenvalue weighted by Gasteiger charge is -2.40. The molecule has 0 spiro atoms. The molecule has 8 nitrogen and oxygen atoms in total. The third-order valence-corrected chi connectivity index (χ3v) is 7.61. The molecule has 2 aromatic heterocycles. The van der Waals surface area contributed by atoms with Gasteiger partial charge in [0.15, 0.2) is 9.84 Å². The van der Waals surface area contributed by atoms with Crippen LogP contribution in [-0.2, 0) is 15.4 Å². The molecule has 1 fully saturated rings. The van der Waals surface area contributed by atoms with E-state index in [0.29, 0.717) is 29.3 Å². The third kappa shape index (κ3) is 3.62. The molecule has 1 aliphatic rings. The van der Waals surface area contributed by atoms with Crippen LogP contribution in [0.25, 0.3) is 21.2 Å². The van der Waals surface area contributed by atoms with Crippen molar-refractivity contribution in [1.29, 1.82) is 0 Å². The number of sulfone groups is 1. The van der Waals surface area contributed by atoms with Crippen LogP contribution in [0.1, 0.15) is 39.2 Å². The normalized spacial score (nSPS) is 24.1. The molecule has 0 aromatic carbocycles. The van der Waals surface area contributed by atoms with Crippen LogP contribution in [-0.4, -0.2) is 36.0 Å². The Morgan fingerprint density at radius 2 is 2.11 bits per heavy atom. The summed E-state index contributed by atoms with van der Waals surface area (Å²) in [7, 11) is -3.10. The number of halogens is 1. The Kier molecular flexibility index (Phi) is 5.44. The van der Waals surface area contributed by atoms with E-state index in [2.05, 4.69) is 20.0 Å². The fraction of sp³-hybridized carbons (Fsp3) is 0.556. The van der Waals surface area contributed by atoms with Crippen molar-refractivity contribution in [2.75, 3.05) is 6.26 Å². The molecule has 28 heavy (non-hydrogen) atoms. The van der Waals surface area contributed by atoms with Crippen molar-refractivity contribution < 1.29 is 13.2 Å². The van der Waals surface area contributed by atoms with E-state index < -0.39 is 20.6 Å². The van der Waals surface area contributed by atoms with Gasteiger partial charge < -0.3 is 4.74 Å². The maximum atomic E-state index is 11.8. The molecule has 0 amide bonds. The van der Waals surface area contributed by atoms with Gasteiger partial charge in [-0.1, -0.05) is 30.6 Å². The highest BCUT2D eigenvalue weighted by atomic mass is 35.5. The van der Waals surface area contributed by atoms with E-state index in [0.717, 1.165) is 10.9 Å². The van der Waals surface area contributed by atoms with Crippen LogP contribution in [0.5, 0.6) is 5.88 Å². The van der Waals surface area contributed by atoms with Gasteiger partial charge in [0.1, 0.15) is 11.3 Å². The Morgan fingerprint density at radius 1 is 1.39 bits per heavy atom. The van der Waals surface area contributed by atoms with Crippen molar-refractivity contribution in [3.05, 3.63) is 39.6 Å². The number of nitrogens with zero attached hydrogens (tertiary/aromatic N) is 5. The van der Waals surface area contributed by atoms with E-state index in [-0.39, 0.29) is 12.0 Å². The molecular weight excluding hydrogens is 402 g/mol. The average molecular weight is 424 g/mol. The summed E-state index contributed by atoms with van der Waals surface area (Å²) in [5.74, 6) is 0.238. The molecule has 2 aromatic rings. The fourth-order valence-corrected chi connectivity index (χ4v) is 5.24. The number of ether oxygens (including phenoxy) is 1. The first-order valence-electron chi connectivity index (χ1n) is 8.97. The van der Waals surface area contributed by atoms with Crippen LogP contribution >= 0.6 is 11.6 Å². The van der Waals surface area contributed by atoms with Crippen molar-refractivity contribution in [3.8, 4) is 5.88 Å². The molecule has 0 unspecified atom stereocenters. The highest BCUT2D eigenvalue weighted by Gasteiger charge is 2.45. The maximum Gasteiger partial charge on any atom is 0.223 e. The lowest BCUT2D eigenvalue weighted by molar-refractivity contribution is 0.0589. The van der Waals surface area contributed by atoms with Gasteiger partial charge in [0.2, 0.25) is 5.88 Å². The molecule has 150 valence electrons. The second-order valence-electron chi connectivity index (χ2n) is 7.47. The van der Waals surface area contributed by atoms with Crippen LogP contribution in [0.4, 0.5) is 0 Å².